The third kappa shape index (κ3) is 3.90. The van der Waals surface area contributed by atoms with Crippen LogP contribution in [0.4, 0.5) is 0 Å². The van der Waals surface area contributed by atoms with Crippen LogP contribution < -0.4 is 0 Å². The minimum absolute atomic E-state index is 0.0511. The molecule has 0 aromatic carbocycles. The fourth-order valence-corrected chi connectivity index (χ4v) is 5.06. The van der Waals surface area contributed by atoms with E-state index in [4.69, 9.17) is 0 Å². The monoisotopic (exact) mass is 387 g/mol. The van der Waals surface area contributed by atoms with E-state index in [1.54, 1.807) is 0 Å². The van der Waals surface area contributed by atoms with Gasteiger partial charge in [-0.3, -0.25) is 14.5 Å². The van der Waals surface area contributed by atoms with Crippen LogP contribution in [-0.4, -0.2) is 96.9 Å². The van der Waals surface area contributed by atoms with Crippen LogP contribution in [0.15, 0.2) is 0 Å². The second kappa shape index (κ2) is 8.00. The molecule has 4 rings (SSSR count). The van der Waals surface area contributed by atoms with Crippen LogP contribution in [0.25, 0.3) is 0 Å². The van der Waals surface area contributed by atoms with Gasteiger partial charge in [0.05, 0.1) is 12.0 Å². The van der Waals surface area contributed by atoms with Crippen LogP contribution in [0.1, 0.15) is 38.5 Å². The number of likely N-dealkylation sites (tertiary alicyclic amines) is 2. The van der Waals surface area contributed by atoms with Crippen molar-refractivity contribution in [2.24, 2.45) is 11.3 Å². The van der Waals surface area contributed by atoms with E-state index in [0.717, 1.165) is 90.9 Å². The predicted octanol–water partition coefficient (Wildman–Crippen LogP) is 0.767. The summed E-state index contributed by atoms with van der Waals surface area (Å²) in [6.45, 7) is 7.08. The molecule has 0 N–H and O–H groups in total. The third-order valence-corrected chi connectivity index (χ3v) is 7.26. The number of hydrogen-bond acceptors (Lipinski definition) is 5. The average Bonchev–Trinajstić information content (AvgIpc) is 3.55. The van der Waals surface area contributed by atoms with Crippen molar-refractivity contribution in [1.29, 1.82) is 5.26 Å². The molecule has 1 atom stereocenters. The van der Waals surface area contributed by atoms with Gasteiger partial charge in [0.1, 0.15) is 5.41 Å². The Kier molecular flexibility index (Phi) is 5.62. The topological polar surface area (TPSA) is 70.9 Å². The highest BCUT2D eigenvalue weighted by atomic mass is 16.2. The van der Waals surface area contributed by atoms with Gasteiger partial charge in [-0.05, 0) is 52.1 Å². The van der Waals surface area contributed by atoms with Crippen molar-refractivity contribution in [3.8, 4) is 6.07 Å². The number of piperazine rings is 1. The molecule has 3 aliphatic heterocycles. The number of piperidine rings is 2. The minimum Gasteiger partial charge on any atom is -0.341 e. The Labute approximate surface area is 168 Å². The van der Waals surface area contributed by atoms with Gasteiger partial charge in [0.2, 0.25) is 11.8 Å². The summed E-state index contributed by atoms with van der Waals surface area (Å²) in [6.07, 6.45) is 5.46. The molecular weight excluding hydrogens is 354 g/mol. The highest BCUT2D eigenvalue weighted by Crippen LogP contribution is 2.46. The lowest BCUT2D eigenvalue weighted by molar-refractivity contribution is -0.139. The maximum absolute atomic E-state index is 13.0. The number of rotatable bonds is 3. The largest absolute Gasteiger partial charge is 0.341 e. The van der Waals surface area contributed by atoms with Gasteiger partial charge in [0.25, 0.3) is 0 Å². The van der Waals surface area contributed by atoms with Gasteiger partial charge in [0.15, 0.2) is 0 Å². The van der Waals surface area contributed by atoms with Crippen molar-refractivity contribution in [1.82, 2.24) is 19.6 Å². The first-order valence-corrected chi connectivity index (χ1v) is 10.9. The quantitative estimate of drug-likeness (QED) is 0.715. The number of carbonyl (C=O) groups excluding carboxylic acids is 2. The summed E-state index contributed by atoms with van der Waals surface area (Å²) in [7, 11) is 2.11. The molecular formula is C21H33N5O2. The van der Waals surface area contributed by atoms with Gasteiger partial charge < -0.3 is 14.7 Å². The van der Waals surface area contributed by atoms with Gasteiger partial charge in [-0.25, -0.2) is 0 Å². The van der Waals surface area contributed by atoms with E-state index in [0.29, 0.717) is 11.9 Å². The molecule has 4 aliphatic rings. The zero-order valence-electron chi connectivity index (χ0n) is 17.1. The van der Waals surface area contributed by atoms with Crippen molar-refractivity contribution in [2.45, 2.75) is 44.6 Å². The fraction of sp³-hybridized carbons (Fsp3) is 0.857. The van der Waals surface area contributed by atoms with Gasteiger partial charge in [-0.15, -0.1) is 0 Å². The molecule has 0 spiro atoms. The zero-order valence-corrected chi connectivity index (χ0v) is 17.1. The van der Waals surface area contributed by atoms with Crippen LogP contribution in [0.2, 0.25) is 0 Å². The lowest BCUT2D eigenvalue weighted by Crippen LogP contribution is -2.54. The summed E-state index contributed by atoms with van der Waals surface area (Å²) < 4.78 is 0. The Balaban J connectivity index is 1.28. The smallest absolute Gasteiger partial charge is 0.243 e. The highest BCUT2D eigenvalue weighted by molar-refractivity contribution is 5.88. The van der Waals surface area contributed by atoms with E-state index in [2.05, 4.69) is 27.8 Å². The Bertz CT molecular complexity index is 640. The molecule has 4 fully saturated rings. The third-order valence-electron chi connectivity index (χ3n) is 7.26. The van der Waals surface area contributed by atoms with Crippen molar-refractivity contribution in [2.75, 3.05) is 59.4 Å². The lowest BCUT2D eigenvalue weighted by Gasteiger charge is -2.43. The molecule has 2 amide bonds. The summed E-state index contributed by atoms with van der Waals surface area (Å²) in [5, 5.41) is 9.27. The number of nitriles is 1. The number of nitrogens with zero attached hydrogens (tertiary/aromatic N) is 5. The second-order valence-electron chi connectivity index (χ2n) is 9.18. The number of carbonyl (C=O) groups is 2. The second-order valence-corrected chi connectivity index (χ2v) is 9.18. The number of likely N-dealkylation sites (N-methyl/N-ethyl adjacent to an activating group) is 1. The van der Waals surface area contributed by atoms with Gasteiger partial charge in [0, 0.05) is 51.9 Å². The van der Waals surface area contributed by atoms with Crippen molar-refractivity contribution in [3.63, 3.8) is 0 Å². The summed E-state index contributed by atoms with van der Waals surface area (Å²) in [5.74, 6) is 0.524. The average molecular weight is 388 g/mol. The van der Waals surface area contributed by atoms with Gasteiger partial charge >= 0.3 is 0 Å². The Hall–Kier alpha value is -1.65. The molecule has 3 saturated heterocycles. The number of hydrogen-bond donors (Lipinski definition) is 0. The molecule has 3 heterocycles. The van der Waals surface area contributed by atoms with Gasteiger partial charge in [-0.2, -0.15) is 5.26 Å². The first-order valence-electron chi connectivity index (χ1n) is 10.9. The van der Waals surface area contributed by atoms with E-state index >= 15 is 0 Å². The van der Waals surface area contributed by atoms with Crippen LogP contribution in [-0.2, 0) is 9.59 Å². The summed E-state index contributed by atoms with van der Waals surface area (Å²) in [4.78, 5) is 34.3. The van der Waals surface area contributed by atoms with Crippen LogP contribution in [0, 0.1) is 22.7 Å². The summed E-state index contributed by atoms with van der Waals surface area (Å²) in [5.41, 5.74) is -0.696. The maximum Gasteiger partial charge on any atom is 0.243 e. The van der Waals surface area contributed by atoms with E-state index in [-0.39, 0.29) is 11.8 Å². The van der Waals surface area contributed by atoms with E-state index in [1.807, 2.05) is 4.90 Å². The Morgan fingerprint density at radius 2 is 1.61 bits per heavy atom. The molecule has 1 saturated carbocycles. The van der Waals surface area contributed by atoms with Crippen LogP contribution >= 0.6 is 0 Å². The fourth-order valence-electron chi connectivity index (χ4n) is 5.06. The van der Waals surface area contributed by atoms with E-state index < -0.39 is 5.41 Å². The highest BCUT2D eigenvalue weighted by Gasteiger charge is 2.53. The van der Waals surface area contributed by atoms with E-state index in [1.165, 1.54) is 0 Å². The molecule has 154 valence electrons. The molecule has 0 aromatic rings. The standard InChI is InChI=1S/C21H33N5O2/c1-23-11-13-24(14-12-23)19(27)17-3-2-8-26(15-17)18-4-9-25(10-5-18)20(28)21(16-22)6-7-21/h17-18H,2-15H2,1H3/t17-/m0/s1. The maximum atomic E-state index is 13.0. The normalized spacial score (nSPS) is 29.4. The first kappa shape index (κ1) is 19.7. The van der Waals surface area contributed by atoms with Crippen molar-refractivity contribution >= 4 is 11.8 Å². The molecule has 7 nitrogen and oxygen atoms in total. The molecule has 0 unspecified atom stereocenters. The van der Waals surface area contributed by atoms with Crippen LogP contribution in [0.3, 0.4) is 0 Å². The summed E-state index contributed by atoms with van der Waals surface area (Å²) >= 11 is 0. The lowest BCUT2D eigenvalue weighted by atomic mass is 9.92. The van der Waals surface area contributed by atoms with E-state index in [9.17, 15) is 14.9 Å². The molecule has 0 aromatic heterocycles. The van der Waals surface area contributed by atoms with Crippen LogP contribution in [0.5, 0.6) is 0 Å². The first-order chi connectivity index (χ1) is 13.5. The predicted molar refractivity (Wildman–Crippen MR) is 105 cm³/mol. The summed E-state index contributed by atoms with van der Waals surface area (Å²) in [6, 6.07) is 2.69. The number of amides is 2. The Morgan fingerprint density at radius 1 is 0.929 bits per heavy atom. The SMILES string of the molecule is CN1CCN(C(=O)[C@H]2CCCN(C3CCN(C(=O)C4(C#N)CC4)CC3)C2)CC1. The van der Waals surface area contributed by atoms with Gasteiger partial charge in [-0.1, -0.05) is 0 Å². The molecule has 0 bridgehead atoms. The minimum atomic E-state index is -0.696. The Morgan fingerprint density at radius 3 is 2.21 bits per heavy atom. The van der Waals surface area contributed by atoms with Crippen molar-refractivity contribution < 1.29 is 9.59 Å². The molecule has 0 radical (unpaired) electrons. The van der Waals surface area contributed by atoms with Crippen molar-refractivity contribution in [3.05, 3.63) is 0 Å². The molecule has 1 aliphatic carbocycles. The molecule has 7 heteroatoms. The zero-order chi connectivity index (χ0) is 19.7. The molecule has 28 heavy (non-hydrogen) atoms.